The van der Waals surface area contributed by atoms with Crippen LogP contribution in [-0.2, 0) is 0 Å². The van der Waals surface area contributed by atoms with Crippen molar-refractivity contribution in [2.24, 2.45) is 0 Å². The van der Waals surface area contributed by atoms with Gasteiger partial charge in [0, 0.05) is 55.8 Å². The van der Waals surface area contributed by atoms with Gasteiger partial charge < -0.3 is 9.64 Å². The molecule has 2 aliphatic rings. The first-order chi connectivity index (χ1) is 15.5. The van der Waals surface area contributed by atoms with Crippen molar-refractivity contribution in [3.63, 3.8) is 0 Å². The highest BCUT2D eigenvalue weighted by molar-refractivity contribution is 5.79. The van der Waals surface area contributed by atoms with Gasteiger partial charge in [-0.3, -0.25) is 14.3 Å². The second-order valence-electron chi connectivity index (χ2n) is 9.09. The third-order valence-corrected chi connectivity index (χ3v) is 6.71. The average Bonchev–Trinajstić information content (AvgIpc) is 3.31. The van der Waals surface area contributed by atoms with Gasteiger partial charge in [-0.25, -0.2) is 9.97 Å². The molecule has 32 heavy (non-hydrogen) atoms. The number of piperidine rings is 1. The van der Waals surface area contributed by atoms with Crippen molar-refractivity contribution in [3.05, 3.63) is 45.8 Å². The largest absolute Gasteiger partial charge is 0.473 e. The Balaban J connectivity index is 1.37. The number of pyridine rings is 1. The quantitative estimate of drug-likeness (QED) is 0.619. The van der Waals surface area contributed by atoms with E-state index in [1.54, 1.807) is 12.3 Å². The number of nitrogens with zero attached hydrogens (tertiary/aromatic N) is 6. The molecule has 0 unspecified atom stereocenters. The highest BCUT2D eigenvalue weighted by Gasteiger charge is 2.25. The highest BCUT2D eigenvalue weighted by Crippen LogP contribution is 2.31. The zero-order valence-electron chi connectivity index (χ0n) is 19.0. The SMILES string of the molecule is Cc1cnc(C)c(OC2CCN(c3ncc4c(C)cc(=O)n(C5CCCC5)c4n3)CC2)n1. The fourth-order valence-electron chi connectivity index (χ4n) is 4.89. The van der Waals surface area contributed by atoms with Crippen LogP contribution in [0.4, 0.5) is 5.95 Å². The van der Waals surface area contributed by atoms with E-state index in [0.29, 0.717) is 11.8 Å². The molecule has 3 aromatic rings. The van der Waals surface area contributed by atoms with Crippen molar-refractivity contribution in [2.75, 3.05) is 18.0 Å². The summed E-state index contributed by atoms with van der Waals surface area (Å²) in [6.45, 7) is 7.41. The minimum absolute atomic E-state index is 0.0493. The number of ether oxygens (including phenoxy) is 1. The lowest BCUT2D eigenvalue weighted by atomic mass is 10.1. The minimum Gasteiger partial charge on any atom is -0.473 e. The lowest BCUT2D eigenvalue weighted by Gasteiger charge is -2.32. The Kier molecular flexibility index (Phi) is 5.53. The van der Waals surface area contributed by atoms with Gasteiger partial charge >= 0.3 is 0 Å². The van der Waals surface area contributed by atoms with Crippen LogP contribution >= 0.6 is 0 Å². The lowest BCUT2D eigenvalue weighted by Crippen LogP contribution is -2.39. The summed E-state index contributed by atoms with van der Waals surface area (Å²) in [7, 11) is 0. The van der Waals surface area contributed by atoms with Gasteiger partial charge in [0.2, 0.25) is 11.8 Å². The molecule has 0 bridgehead atoms. The summed E-state index contributed by atoms with van der Waals surface area (Å²) >= 11 is 0. The van der Waals surface area contributed by atoms with E-state index in [0.717, 1.165) is 66.8 Å². The molecule has 1 saturated carbocycles. The molecule has 0 atom stereocenters. The summed E-state index contributed by atoms with van der Waals surface area (Å²) in [6.07, 6.45) is 9.88. The number of hydrogen-bond donors (Lipinski definition) is 0. The summed E-state index contributed by atoms with van der Waals surface area (Å²) in [5.74, 6) is 1.32. The summed E-state index contributed by atoms with van der Waals surface area (Å²) in [6, 6.07) is 1.97. The van der Waals surface area contributed by atoms with Gasteiger partial charge in [0.25, 0.3) is 5.56 Å². The third-order valence-electron chi connectivity index (χ3n) is 6.71. The Morgan fingerprint density at radius 1 is 0.969 bits per heavy atom. The van der Waals surface area contributed by atoms with E-state index in [1.807, 2.05) is 31.5 Å². The Bertz CT molecular complexity index is 1190. The molecule has 0 aromatic carbocycles. The molecule has 3 aromatic heterocycles. The normalized spacial score (nSPS) is 17.9. The van der Waals surface area contributed by atoms with E-state index in [9.17, 15) is 4.79 Å². The molecule has 0 radical (unpaired) electrons. The molecule has 168 valence electrons. The minimum atomic E-state index is 0.0493. The van der Waals surface area contributed by atoms with E-state index >= 15 is 0 Å². The topological polar surface area (TPSA) is 86.0 Å². The summed E-state index contributed by atoms with van der Waals surface area (Å²) in [5, 5.41) is 0.965. The first kappa shape index (κ1) is 20.8. The molecular weight excluding hydrogens is 404 g/mol. The fourth-order valence-corrected chi connectivity index (χ4v) is 4.89. The van der Waals surface area contributed by atoms with Crippen molar-refractivity contribution < 1.29 is 4.74 Å². The maximum atomic E-state index is 12.9. The number of hydrogen-bond acceptors (Lipinski definition) is 7. The van der Waals surface area contributed by atoms with Crippen molar-refractivity contribution in [2.45, 2.75) is 71.4 Å². The van der Waals surface area contributed by atoms with E-state index in [2.05, 4.69) is 19.9 Å². The van der Waals surface area contributed by atoms with Crippen molar-refractivity contribution in [3.8, 4) is 5.88 Å². The summed E-state index contributed by atoms with van der Waals surface area (Å²) < 4.78 is 8.07. The molecule has 1 aliphatic carbocycles. The molecule has 0 N–H and O–H groups in total. The van der Waals surface area contributed by atoms with Gasteiger partial charge in [0.15, 0.2) is 0 Å². The lowest BCUT2D eigenvalue weighted by molar-refractivity contribution is 0.161. The standard InChI is InChI=1S/C24H30N6O2/c1-15-12-21(31)30(18-6-4-5-7-18)22-20(15)14-26-24(28-22)29-10-8-19(9-11-29)32-23-17(3)25-13-16(2)27-23/h12-14,18-19H,4-11H2,1-3H3. The Hall–Kier alpha value is -3.03. The summed E-state index contributed by atoms with van der Waals surface area (Å²) in [4.78, 5) is 33.5. The van der Waals surface area contributed by atoms with Crippen LogP contribution in [0.2, 0.25) is 0 Å². The maximum Gasteiger partial charge on any atom is 0.252 e. The van der Waals surface area contributed by atoms with Gasteiger partial charge in [0.05, 0.1) is 11.4 Å². The third kappa shape index (κ3) is 3.94. The van der Waals surface area contributed by atoms with E-state index < -0.39 is 0 Å². The molecule has 8 nitrogen and oxygen atoms in total. The van der Waals surface area contributed by atoms with Crippen LogP contribution in [0, 0.1) is 20.8 Å². The van der Waals surface area contributed by atoms with Gasteiger partial charge in [0.1, 0.15) is 11.8 Å². The smallest absolute Gasteiger partial charge is 0.252 e. The van der Waals surface area contributed by atoms with Gasteiger partial charge in [-0.05, 0) is 39.2 Å². The molecule has 2 fully saturated rings. The fraction of sp³-hybridized carbons (Fsp3) is 0.542. The predicted molar refractivity (Wildman–Crippen MR) is 123 cm³/mol. The zero-order valence-corrected chi connectivity index (χ0v) is 19.0. The first-order valence-corrected chi connectivity index (χ1v) is 11.6. The van der Waals surface area contributed by atoms with Crippen LogP contribution in [0.1, 0.15) is 61.5 Å². The van der Waals surface area contributed by atoms with Gasteiger partial charge in [-0.2, -0.15) is 4.98 Å². The number of aryl methyl sites for hydroxylation is 3. The van der Waals surface area contributed by atoms with Crippen LogP contribution in [0.25, 0.3) is 11.0 Å². The Morgan fingerprint density at radius 3 is 2.47 bits per heavy atom. The van der Waals surface area contributed by atoms with Crippen LogP contribution in [0.5, 0.6) is 5.88 Å². The van der Waals surface area contributed by atoms with Crippen molar-refractivity contribution in [1.29, 1.82) is 0 Å². The monoisotopic (exact) mass is 434 g/mol. The van der Waals surface area contributed by atoms with Gasteiger partial charge in [-0.15, -0.1) is 0 Å². The molecule has 1 aliphatic heterocycles. The van der Waals surface area contributed by atoms with Crippen LogP contribution in [0.3, 0.4) is 0 Å². The molecular formula is C24H30N6O2. The number of rotatable bonds is 4. The van der Waals surface area contributed by atoms with E-state index in [-0.39, 0.29) is 17.7 Å². The Labute approximate surface area is 187 Å². The van der Waals surface area contributed by atoms with Crippen LogP contribution < -0.4 is 15.2 Å². The van der Waals surface area contributed by atoms with Crippen molar-refractivity contribution in [1.82, 2.24) is 24.5 Å². The van der Waals surface area contributed by atoms with Crippen LogP contribution in [0.15, 0.2) is 23.3 Å². The average molecular weight is 435 g/mol. The molecule has 5 rings (SSSR count). The molecule has 8 heteroatoms. The number of aromatic nitrogens is 5. The van der Waals surface area contributed by atoms with E-state index in [1.165, 1.54) is 12.8 Å². The zero-order chi connectivity index (χ0) is 22.2. The number of fused-ring (bicyclic) bond motifs is 1. The number of anilines is 1. The molecule has 0 spiro atoms. The van der Waals surface area contributed by atoms with Crippen molar-refractivity contribution >= 4 is 17.0 Å². The molecule has 4 heterocycles. The van der Waals surface area contributed by atoms with Crippen LogP contribution in [-0.4, -0.2) is 43.7 Å². The highest BCUT2D eigenvalue weighted by atomic mass is 16.5. The predicted octanol–water partition coefficient (Wildman–Crippen LogP) is 3.67. The molecule has 0 amide bonds. The van der Waals surface area contributed by atoms with Gasteiger partial charge in [-0.1, -0.05) is 12.8 Å². The first-order valence-electron chi connectivity index (χ1n) is 11.6. The second kappa shape index (κ2) is 8.48. The maximum absolute atomic E-state index is 12.9. The van der Waals surface area contributed by atoms with E-state index in [4.69, 9.17) is 9.72 Å². The Morgan fingerprint density at radius 2 is 1.72 bits per heavy atom. The molecule has 1 saturated heterocycles. The summed E-state index contributed by atoms with van der Waals surface area (Å²) in [5.41, 5.74) is 3.43. The second-order valence-corrected chi connectivity index (χ2v) is 9.09.